The summed E-state index contributed by atoms with van der Waals surface area (Å²) in [4.78, 5) is 13.8. The molecule has 1 unspecified atom stereocenters. The third-order valence-electron chi connectivity index (χ3n) is 2.76. The molecular formula is C14H16N2O2S. The van der Waals surface area contributed by atoms with Gasteiger partial charge in [0.15, 0.2) is 0 Å². The van der Waals surface area contributed by atoms with Gasteiger partial charge in [-0.05, 0) is 19.1 Å². The topological polar surface area (TPSA) is 64.3 Å². The first kappa shape index (κ1) is 15.1. The Hall–Kier alpha value is -1.93. The number of hydrogen-bond acceptors (Lipinski definition) is 4. The highest BCUT2D eigenvalue weighted by atomic mass is 32.1. The van der Waals surface area contributed by atoms with Crippen LogP contribution >= 0.6 is 12.6 Å². The van der Waals surface area contributed by atoms with Crippen molar-refractivity contribution in [1.29, 1.82) is 5.26 Å². The summed E-state index contributed by atoms with van der Waals surface area (Å²) in [5.41, 5.74) is -0.885. The lowest BCUT2D eigenvalue weighted by Crippen LogP contribution is -2.43. The fraction of sp³-hybridized carbons (Fsp3) is 0.286. The van der Waals surface area contributed by atoms with Crippen molar-refractivity contribution in [2.45, 2.75) is 6.92 Å². The number of nitrogens with zero attached hydrogens (tertiary/aromatic N) is 2. The van der Waals surface area contributed by atoms with E-state index in [1.165, 1.54) is 17.9 Å². The number of nitriles is 1. The predicted molar refractivity (Wildman–Crippen MR) is 78.2 cm³/mol. The number of carbonyl (C=O) groups is 1. The van der Waals surface area contributed by atoms with Crippen molar-refractivity contribution >= 4 is 24.2 Å². The van der Waals surface area contributed by atoms with E-state index in [0.717, 1.165) is 0 Å². The van der Waals surface area contributed by atoms with Crippen LogP contribution in [-0.4, -0.2) is 23.3 Å². The Bertz CT molecular complexity index is 524. The van der Waals surface area contributed by atoms with Gasteiger partial charge in [0.05, 0.1) is 11.8 Å². The maximum Gasteiger partial charge on any atom is 0.248 e. The van der Waals surface area contributed by atoms with Crippen LogP contribution in [0.25, 0.3) is 0 Å². The molecule has 0 radical (unpaired) electrons. The Morgan fingerprint density at radius 1 is 1.63 bits per heavy atom. The molecule has 19 heavy (non-hydrogen) atoms. The molecule has 0 heterocycles. The minimum absolute atomic E-state index is 0.0165. The predicted octanol–water partition coefficient (Wildman–Crippen LogP) is 2.37. The van der Waals surface area contributed by atoms with Crippen LogP contribution in [0, 0.1) is 16.7 Å². The molecule has 0 saturated heterocycles. The molecule has 1 amide bonds. The van der Waals surface area contributed by atoms with Crippen molar-refractivity contribution < 1.29 is 9.90 Å². The Labute approximate surface area is 118 Å². The average molecular weight is 276 g/mol. The number of benzene rings is 1. The zero-order chi connectivity index (χ0) is 14.5. The minimum atomic E-state index is -1.24. The summed E-state index contributed by atoms with van der Waals surface area (Å²) >= 11 is 4.06. The summed E-state index contributed by atoms with van der Waals surface area (Å²) < 4.78 is 0. The smallest absolute Gasteiger partial charge is 0.248 e. The molecule has 1 rings (SSSR count). The number of aromatic hydroxyl groups is 1. The maximum atomic E-state index is 12.5. The van der Waals surface area contributed by atoms with Crippen molar-refractivity contribution in [2.75, 3.05) is 17.2 Å². The Kier molecular flexibility index (Phi) is 5.02. The number of thiol groups is 1. The molecule has 1 aromatic rings. The normalized spacial score (nSPS) is 13.1. The van der Waals surface area contributed by atoms with Crippen LogP contribution in [0.4, 0.5) is 5.69 Å². The Morgan fingerprint density at radius 3 is 2.74 bits per heavy atom. The van der Waals surface area contributed by atoms with Crippen LogP contribution in [0.2, 0.25) is 0 Å². The third kappa shape index (κ3) is 3.09. The Balaban J connectivity index is 3.23. The second-order valence-electron chi connectivity index (χ2n) is 4.30. The number of para-hydroxylation sites is 2. The van der Waals surface area contributed by atoms with Gasteiger partial charge in [-0.25, -0.2) is 0 Å². The lowest BCUT2D eigenvalue weighted by atomic mass is 9.93. The summed E-state index contributed by atoms with van der Waals surface area (Å²) in [5.74, 6) is -0.326. The zero-order valence-electron chi connectivity index (χ0n) is 10.7. The van der Waals surface area contributed by atoms with Crippen molar-refractivity contribution in [2.24, 2.45) is 5.41 Å². The lowest BCUT2D eigenvalue weighted by Gasteiger charge is -2.28. The van der Waals surface area contributed by atoms with Crippen LogP contribution in [0.15, 0.2) is 36.9 Å². The van der Waals surface area contributed by atoms with Gasteiger partial charge >= 0.3 is 0 Å². The van der Waals surface area contributed by atoms with E-state index in [4.69, 9.17) is 5.26 Å². The molecule has 0 bridgehead atoms. The van der Waals surface area contributed by atoms with Crippen molar-refractivity contribution in [3.63, 3.8) is 0 Å². The Morgan fingerprint density at radius 2 is 2.26 bits per heavy atom. The molecule has 1 atom stereocenters. The fourth-order valence-corrected chi connectivity index (χ4v) is 1.77. The molecule has 0 spiro atoms. The van der Waals surface area contributed by atoms with Gasteiger partial charge in [-0.2, -0.15) is 17.9 Å². The van der Waals surface area contributed by atoms with E-state index in [-0.39, 0.29) is 18.0 Å². The quantitative estimate of drug-likeness (QED) is 0.641. The van der Waals surface area contributed by atoms with E-state index >= 15 is 0 Å². The molecule has 0 aliphatic carbocycles. The largest absolute Gasteiger partial charge is 0.506 e. The molecule has 1 N–H and O–H groups in total. The number of amides is 1. The third-order valence-corrected chi connectivity index (χ3v) is 3.40. The van der Waals surface area contributed by atoms with Crippen molar-refractivity contribution in [3.05, 3.63) is 36.9 Å². The molecule has 0 aromatic heterocycles. The van der Waals surface area contributed by atoms with Crippen LogP contribution in [0.1, 0.15) is 6.92 Å². The summed E-state index contributed by atoms with van der Waals surface area (Å²) in [6, 6.07) is 8.46. The minimum Gasteiger partial charge on any atom is -0.506 e. The number of rotatable bonds is 5. The van der Waals surface area contributed by atoms with Gasteiger partial charge in [0.1, 0.15) is 11.2 Å². The number of phenols is 1. The van der Waals surface area contributed by atoms with Crippen molar-refractivity contribution in [3.8, 4) is 11.8 Å². The summed E-state index contributed by atoms with van der Waals surface area (Å²) in [6.45, 7) is 5.33. The highest BCUT2D eigenvalue weighted by Gasteiger charge is 2.36. The molecule has 0 saturated carbocycles. The summed E-state index contributed by atoms with van der Waals surface area (Å²) in [6.07, 6.45) is 1.54. The van der Waals surface area contributed by atoms with Gasteiger partial charge in [-0.3, -0.25) is 4.79 Å². The SMILES string of the molecule is C=CCN(C(=O)C(C)(C#N)CS)c1ccccc1O. The number of phenolic OH excluding ortho intramolecular Hbond substituents is 1. The number of hydrogen-bond donors (Lipinski definition) is 2. The lowest BCUT2D eigenvalue weighted by molar-refractivity contribution is -0.123. The van der Waals surface area contributed by atoms with E-state index in [1.807, 2.05) is 6.07 Å². The first-order valence-electron chi connectivity index (χ1n) is 5.73. The van der Waals surface area contributed by atoms with Gasteiger partial charge in [0.2, 0.25) is 5.91 Å². The second-order valence-corrected chi connectivity index (χ2v) is 4.61. The van der Waals surface area contributed by atoms with Gasteiger partial charge < -0.3 is 10.0 Å². The molecule has 0 aliphatic heterocycles. The van der Waals surface area contributed by atoms with Gasteiger partial charge in [0, 0.05) is 12.3 Å². The molecule has 0 aliphatic rings. The van der Waals surface area contributed by atoms with E-state index in [9.17, 15) is 9.90 Å². The second kappa shape index (κ2) is 6.30. The molecule has 100 valence electrons. The van der Waals surface area contributed by atoms with Crippen molar-refractivity contribution in [1.82, 2.24) is 0 Å². The van der Waals surface area contributed by atoms with E-state index in [1.54, 1.807) is 24.3 Å². The van der Waals surface area contributed by atoms with E-state index in [2.05, 4.69) is 19.2 Å². The highest BCUT2D eigenvalue weighted by Crippen LogP contribution is 2.30. The standard InChI is InChI=1S/C14H16N2O2S/c1-3-8-16(11-6-4-5-7-12(11)17)13(18)14(2,9-15)10-19/h3-7,17,19H,1,8,10H2,2H3. The van der Waals surface area contributed by atoms with Gasteiger partial charge in [-0.1, -0.05) is 18.2 Å². The van der Waals surface area contributed by atoms with E-state index in [0.29, 0.717) is 5.69 Å². The monoisotopic (exact) mass is 276 g/mol. The average Bonchev–Trinajstić information content (AvgIpc) is 2.44. The first-order valence-corrected chi connectivity index (χ1v) is 6.36. The number of carbonyl (C=O) groups excluding carboxylic acids is 1. The van der Waals surface area contributed by atoms with Crippen LogP contribution in [0.5, 0.6) is 5.75 Å². The molecule has 5 heteroatoms. The first-order chi connectivity index (χ1) is 9.00. The van der Waals surface area contributed by atoms with Crippen LogP contribution in [-0.2, 0) is 4.79 Å². The molecule has 4 nitrogen and oxygen atoms in total. The van der Waals surface area contributed by atoms with Gasteiger partial charge in [-0.15, -0.1) is 6.58 Å². The van der Waals surface area contributed by atoms with Crippen LogP contribution < -0.4 is 4.90 Å². The maximum absolute atomic E-state index is 12.5. The molecule has 1 aromatic carbocycles. The van der Waals surface area contributed by atoms with Crippen LogP contribution in [0.3, 0.4) is 0 Å². The zero-order valence-corrected chi connectivity index (χ0v) is 11.6. The number of anilines is 1. The molecular weight excluding hydrogens is 260 g/mol. The summed E-state index contributed by atoms with van der Waals surface area (Å²) in [5, 5.41) is 19.0. The summed E-state index contributed by atoms with van der Waals surface area (Å²) in [7, 11) is 0. The fourth-order valence-electron chi connectivity index (χ4n) is 1.56. The van der Waals surface area contributed by atoms with E-state index < -0.39 is 11.3 Å². The highest BCUT2D eigenvalue weighted by molar-refractivity contribution is 7.80. The molecule has 0 fully saturated rings. The van der Waals surface area contributed by atoms with Gasteiger partial charge in [0.25, 0.3) is 0 Å².